The van der Waals surface area contributed by atoms with Gasteiger partial charge in [-0.3, -0.25) is 9.59 Å². The van der Waals surface area contributed by atoms with Gasteiger partial charge >= 0.3 is 0 Å². The van der Waals surface area contributed by atoms with Crippen LogP contribution in [-0.2, 0) is 17.9 Å². The maximum atomic E-state index is 12.5. The largest absolute Gasteiger partial charge is 0.467 e. The van der Waals surface area contributed by atoms with Crippen LogP contribution in [-0.4, -0.2) is 30.8 Å². The van der Waals surface area contributed by atoms with Gasteiger partial charge in [0, 0.05) is 38.4 Å². The van der Waals surface area contributed by atoms with Crippen LogP contribution in [0.3, 0.4) is 0 Å². The Morgan fingerprint density at radius 3 is 2.55 bits per heavy atom. The van der Waals surface area contributed by atoms with Gasteiger partial charge in [0.15, 0.2) is 0 Å². The standard InChI is InChI=1S/C22H25N3O3S/c1-4-21(26)25(15-18-7-5-11-28-18)14-16-13-17(9-10-19(16)24(2)3)23-22(27)20-8-6-12-29-20/h5-13H,4,14-15H2,1-3H3,(H,23,27). The molecular weight excluding hydrogens is 386 g/mol. The molecule has 0 radical (unpaired) electrons. The lowest BCUT2D eigenvalue weighted by atomic mass is 10.1. The highest BCUT2D eigenvalue weighted by Crippen LogP contribution is 2.26. The summed E-state index contributed by atoms with van der Waals surface area (Å²) in [5, 5.41) is 4.82. The van der Waals surface area contributed by atoms with Crippen molar-refractivity contribution in [2.45, 2.75) is 26.4 Å². The monoisotopic (exact) mass is 411 g/mol. The second-order valence-corrected chi connectivity index (χ2v) is 7.80. The van der Waals surface area contributed by atoms with Gasteiger partial charge in [0.25, 0.3) is 5.91 Å². The van der Waals surface area contributed by atoms with Gasteiger partial charge in [-0.1, -0.05) is 13.0 Å². The number of thiophene rings is 1. The molecule has 152 valence electrons. The molecule has 0 saturated heterocycles. The van der Waals surface area contributed by atoms with Crippen LogP contribution in [0.1, 0.15) is 34.3 Å². The summed E-state index contributed by atoms with van der Waals surface area (Å²) in [5.74, 6) is 0.639. The average Bonchev–Trinajstić information content (AvgIpc) is 3.41. The fourth-order valence-corrected chi connectivity index (χ4v) is 3.70. The van der Waals surface area contributed by atoms with Gasteiger partial charge in [-0.25, -0.2) is 0 Å². The fourth-order valence-electron chi connectivity index (χ4n) is 3.08. The van der Waals surface area contributed by atoms with Gasteiger partial charge in [-0.15, -0.1) is 11.3 Å². The molecule has 1 aromatic carbocycles. The molecule has 29 heavy (non-hydrogen) atoms. The van der Waals surface area contributed by atoms with E-state index in [9.17, 15) is 9.59 Å². The number of hydrogen-bond donors (Lipinski definition) is 1. The zero-order valence-corrected chi connectivity index (χ0v) is 17.7. The summed E-state index contributed by atoms with van der Waals surface area (Å²) in [6, 6.07) is 13.1. The highest BCUT2D eigenvalue weighted by molar-refractivity contribution is 7.12. The number of nitrogens with one attached hydrogen (secondary N) is 1. The van der Waals surface area contributed by atoms with Crippen molar-refractivity contribution in [3.8, 4) is 0 Å². The predicted molar refractivity (Wildman–Crippen MR) is 116 cm³/mol. The molecule has 0 spiro atoms. The van der Waals surface area contributed by atoms with Crippen molar-refractivity contribution in [1.29, 1.82) is 0 Å². The number of nitrogens with zero attached hydrogens (tertiary/aromatic N) is 2. The quantitative estimate of drug-likeness (QED) is 0.588. The van der Waals surface area contributed by atoms with E-state index in [0.717, 1.165) is 17.0 Å². The van der Waals surface area contributed by atoms with Gasteiger partial charge in [-0.05, 0) is 47.3 Å². The summed E-state index contributed by atoms with van der Waals surface area (Å²) >= 11 is 1.40. The van der Waals surface area contributed by atoms with E-state index < -0.39 is 0 Å². The molecule has 6 nitrogen and oxygen atoms in total. The molecule has 2 aromatic heterocycles. The summed E-state index contributed by atoms with van der Waals surface area (Å²) < 4.78 is 5.43. The van der Waals surface area contributed by atoms with Crippen molar-refractivity contribution < 1.29 is 14.0 Å². The number of benzene rings is 1. The highest BCUT2D eigenvalue weighted by atomic mass is 32.1. The Balaban J connectivity index is 1.85. The second-order valence-electron chi connectivity index (χ2n) is 6.85. The third kappa shape index (κ3) is 5.26. The number of amides is 2. The molecule has 2 amide bonds. The van der Waals surface area contributed by atoms with Crippen LogP contribution in [0, 0.1) is 0 Å². The van der Waals surface area contributed by atoms with Crippen LogP contribution < -0.4 is 10.2 Å². The Bertz CT molecular complexity index is 950. The first kappa shape index (κ1) is 20.7. The molecule has 0 unspecified atom stereocenters. The Labute approximate surface area is 174 Å². The molecule has 1 N–H and O–H groups in total. The molecule has 0 aliphatic carbocycles. The normalized spacial score (nSPS) is 10.6. The molecular formula is C22H25N3O3S. The third-order valence-corrected chi connectivity index (χ3v) is 5.38. The van der Waals surface area contributed by atoms with Crippen molar-refractivity contribution in [2.75, 3.05) is 24.3 Å². The van der Waals surface area contributed by atoms with Crippen molar-refractivity contribution in [2.24, 2.45) is 0 Å². The van der Waals surface area contributed by atoms with Crippen molar-refractivity contribution in [3.63, 3.8) is 0 Å². The lowest BCUT2D eigenvalue weighted by Gasteiger charge is -2.25. The number of carbonyl (C=O) groups is 2. The molecule has 0 atom stereocenters. The van der Waals surface area contributed by atoms with Crippen molar-refractivity contribution in [1.82, 2.24) is 4.90 Å². The molecule has 0 saturated carbocycles. The van der Waals surface area contributed by atoms with Crippen LogP contribution in [0.15, 0.2) is 58.5 Å². The predicted octanol–water partition coefficient (Wildman–Crippen LogP) is 4.60. The summed E-state index contributed by atoms with van der Waals surface area (Å²) in [4.78, 5) is 29.4. The summed E-state index contributed by atoms with van der Waals surface area (Å²) in [7, 11) is 3.92. The Kier molecular flexibility index (Phi) is 6.72. The first-order valence-electron chi connectivity index (χ1n) is 9.43. The zero-order valence-electron chi connectivity index (χ0n) is 16.8. The van der Waals surface area contributed by atoms with Gasteiger partial charge < -0.3 is 19.5 Å². The topological polar surface area (TPSA) is 65.8 Å². The first-order valence-corrected chi connectivity index (χ1v) is 10.3. The smallest absolute Gasteiger partial charge is 0.265 e. The van der Waals surface area contributed by atoms with Crippen molar-refractivity contribution >= 4 is 34.5 Å². The number of furan rings is 1. The number of hydrogen-bond acceptors (Lipinski definition) is 5. The molecule has 0 aliphatic heterocycles. The van der Waals surface area contributed by atoms with E-state index in [4.69, 9.17) is 4.42 Å². The Hall–Kier alpha value is -3.06. The lowest BCUT2D eigenvalue weighted by molar-refractivity contribution is -0.132. The molecule has 0 aliphatic rings. The first-order chi connectivity index (χ1) is 14.0. The number of carbonyl (C=O) groups excluding carboxylic acids is 2. The van der Waals surface area contributed by atoms with Gasteiger partial charge in [-0.2, -0.15) is 0 Å². The summed E-state index contributed by atoms with van der Waals surface area (Å²) in [5.41, 5.74) is 2.64. The Morgan fingerprint density at radius 2 is 1.93 bits per heavy atom. The average molecular weight is 412 g/mol. The van der Waals surface area contributed by atoms with Crippen LogP contribution >= 0.6 is 11.3 Å². The van der Waals surface area contributed by atoms with Gasteiger partial charge in [0.1, 0.15) is 5.76 Å². The van der Waals surface area contributed by atoms with E-state index in [1.165, 1.54) is 11.3 Å². The second kappa shape index (κ2) is 9.43. The van der Waals surface area contributed by atoms with Crippen LogP contribution in [0.2, 0.25) is 0 Å². The van der Waals surface area contributed by atoms with Crippen LogP contribution in [0.25, 0.3) is 0 Å². The number of anilines is 2. The SMILES string of the molecule is CCC(=O)N(Cc1ccco1)Cc1cc(NC(=O)c2cccs2)ccc1N(C)C. The van der Waals surface area contributed by atoms with E-state index in [2.05, 4.69) is 5.32 Å². The maximum absolute atomic E-state index is 12.5. The van der Waals surface area contributed by atoms with Gasteiger partial charge in [0.2, 0.25) is 5.91 Å². The van der Waals surface area contributed by atoms with Crippen LogP contribution in [0.4, 0.5) is 11.4 Å². The molecule has 0 fully saturated rings. The third-order valence-electron chi connectivity index (χ3n) is 4.51. The fraction of sp³-hybridized carbons (Fsp3) is 0.273. The highest BCUT2D eigenvalue weighted by Gasteiger charge is 2.18. The summed E-state index contributed by atoms with van der Waals surface area (Å²) in [6.45, 7) is 2.67. The summed E-state index contributed by atoms with van der Waals surface area (Å²) in [6.07, 6.45) is 2.02. The van der Waals surface area contributed by atoms with Gasteiger partial charge in [0.05, 0.1) is 17.7 Å². The maximum Gasteiger partial charge on any atom is 0.265 e. The molecule has 2 heterocycles. The molecule has 7 heteroatoms. The molecule has 3 rings (SSSR count). The van der Waals surface area contributed by atoms with E-state index >= 15 is 0 Å². The molecule has 0 bridgehead atoms. The van der Waals surface area contributed by atoms with Crippen molar-refractivity contribution in [3.05, 3.63) is 70.3 Å². The van der Waals surface area contributed by atoms with E-state index in [-0.39, 0.29) is 11.8 Å². The minimum absolute atomic E-state index is 0.0409. The Morgan fingerprint density at radius 1 is 1.10 bits per heavy atom. The van der Waals surface area contributed by atoms with E-state index in [1.807, 2.05) is 67.7 Å². The minimum atomic E-state index is -0.138. The number of rotatable bonds is 8. The molecule has 3 aromatic rings. The lowest BCUT2D eigenvalue weighted by Crippen LogP contribution is -2.30. The zero-order chi connectivity index (χ0) is 20.8. The van der Waals surface area contributed by atoms with E-state index in [0.29, 0.717) is 30.1 Å². The van der Waals surface area contributed by atoms with E-state index in [1.54, 1.807) is 17.2 Å². The minimum Gasteiger partial charge on any atom is -0.467 e. The van der Waals surface area contributed by atoms with Crippen LogP contribution in [0.5, 0.6) is 0 Å².